The second kappa shape index (κ2) is 9.31. The van der Waals surface area contributed by atoms with E-state index >= 15 is 0 Å². The summed E-state index contributed by atoms with van der Waals surface area (Å²) in [6.45, 7) is 2.97. The maximum atomic E-state index is 13.3. The Morgan fingerprint density at radius 2 is 1.67 bits per heavy atom. The minimum absolute atomic E-state index is 0.0277. The van der Waals surface area contributed by atoms with E-state index in [0.29, 0.717) is 4.68 Å². The molecule has 0 spiro atoms. The van der Waals surface area contributed by atoms with Crippen molar-refractivity contribution in [3.63, 3.8) is 0 Å². The van der Waals surface area contributed by atoms with Gasteiger partial charge in [-0.3, -0.25) is 10.1 Å². The predicted molar refractivity (Wildman–Crippen MR) is 132 cm³/mol. The standard InChI is InChI=1S/C19H18Cl2F7N5O3S.C2H6/c20-10-3-9(37(24,25,26,27)28)4-11(21)14(10)33-15(31-17(35)36-7-8-5-19(8,22)23)13(12(6-29)32-33)18(1-2-18)16(30)34;1-2/h3-4,8H,1-2,5-7,29H2,(H2,30,34)(H,31,35);1-2H3. The van der Waals surface area contributed by atoms with Crippen molar-refractivity contribution in [3.8, 4) is 5.69 Å². The molecule has 1 heterocycles. The fourth-order valence-electron chi connectivity index (χ4n) is 3.86. The molecule has 0 bridgehead atoms. The van der Waals surface area contributed by atoms with Crippen molar-refractivity contribution >= 4 is 51.2 Å². The first-order valence-corrected chi connectivity index (χ1v) is 14.1. The molecule has 4 rings (SSSR count). The number of benzene rings is 1. The van der Waals surface area contributed by atoms with Gasteiger partial charge in [0.15, 0.2) is 0 Å². The van der Waals surface area contributed by atoms with Gasteiger partial charge in [-0.25, -0.2) is 18.3 Å². The van der Waals surface area contributed by atoms with Crippen LogP contribution < -0.4 is 16.8 Å². The molecule has 2 amide bonds. The van der Waals surface area contributed by atoms with Crippen LogP contribution in [0.4, 0.5) is 38.8 Å². The Balaban J connectivity index is 0.00000205. The first-order chi connectivity index (χ1) is 17.7. The number of primary amides is 1. The van der Waals surface area contributed by atoms with E-state index in [1.54, 1.807) is 0 Å². The third-order valence-corrected chi connectivity index (χ3v) is 7.79. The molecule has 1 aromatic heterocycles. The molecule has 5 N–H and O–H groups in total. The van der Waals surface area contributed by atoms with Crippen LogP contribution in [0.3, 0.4) is 0 Å². The second-order valence-corrected chi connectivity index (χ2v) is 12.0. The van der Waals surface area contributed by atoms with Gasteiger partial charge in [-0.2, -0.15) is 5.10 Å². The number of carbonyl (C=O) groups is 2. The van der Waals surface area contributed by atoms with Gasteiger partial charge in [0.05, 0.1) is 27.1 Å². The molecule has 8 nitrogen and oxygen atoms in total. The van der Waals surface area contributed by atoms with Gasteiger partial charge in [0.2, 0.25) is 5.91 Å². The summed E-state index contributed by atoms with van der Waals surface area (Å²) in [6, 6.07) is -0.127. The van der Waals surface area contributed by atoms with E-state index in [1.807, 2.05) is 13.8 Å². The van der Waals surface area contributed by atoms with Crippen molar-refractivity contribution in [1.29, 1.82) is 0 Å². The number of ether oxygens (including phenoxy) is 1. The van der Waals surface area contributed by atoms with Gasteiger partial charge in [-0.15, -0.1) is 0 Å². The van der Waals surface area contributed by atoms with Crippen LogP contribution in [-0.4, -0.2) is 34.3 Å². The molecule has 2 fully saturated rings. The molecule has 2 aliphatic rings. The van der Waals surface area contributed by atoms with Gasteiger partial charge in [0.25, 0.3) is 5.92 Å². The second-order valence-electron chi connectivity index (χ2n) is 8.82. The van der Waals surface area contributed by atoms with Gasteiger partial charge >= 0.3 is 16.3 Å². The Kier molecular flexibility index (Phi) is 7.43. The van der Waals surface area contributed by atoms with Crippen LogP contribution in [0.25, 0.3) is 5.69 Å². The van der Waals surface area contributed by atoms with E-state index in [-0.39, 0.29) is 42.8 Å². The normalized spacial score (nSPS) is 20.6. The average Bonchev–Trinajstić information content (AvgIpc) is 3.69. The van der Waals surface area contributed by atoms with Crippen molar-refractivity contribution in [2.75, 3.05) is 11.9 Å². The minimum Gasteiger partial charge on any atom is -0.449 e. The van der Waals surface area contributed by atoms with Gasteiger partial charge in [0, 0.05) is 18.5 Å². The molecule has 0 aliphatic heterocycles. The summed E-state index contributed by atoms with van der Waals surface area (Å²) >= 11 is 11.9. The van der Waals surface area contributed by atoms with Crippen molar-refractivity contribution in [1.82, 2.24) is 9.78 Å². The number of nitrogens with one attached hydrogen (secondary N) is 1. The van der Waals surface area contributed by atoms with Gasteiger partial charge in [-0.05, 0) is 25.0 Å². The lowest BCUT2D eigenvalue weighted by atomic mass is 9.94. The number of hydrogen-bond acceptors (Lipinski definition) is 5. The van der Waals surface area contributed by atoms with Crippen LogP contribution in [0.5, 0.6) is 0 Å². The highest BCUT2D eigenvalue weighted by Gasteiger charge is 2.66. The number of carbonyl (C=O) groups excluding carboxylic acids is 2. The summed E-state index contributed by atoms with van der Waals surface area (Å²) in [5.74, 6) is -5.45. The van der Waals surface area contributed by atoms with E-state index in [4.69, 9.17) is 39.4 Å². The third kappa shape index (κ3) is 6.18. The molecule has 220 valence electrons. The highest BCUT2D eigenvalue weighted by Crippen LogP contribution is 3.02. The van der Waals surface area contributed by atoms with E-state index in [0.717, 1.165) is 0 Å². The van der Waals surface area contributed by atoms with Crippen molar-refractivity contribution < 1.29 is 42.5 Å². The lowest BCUT2D eigenvalue weighted by Gasteiger charge is -2.40. The molecule has 0 radical (unpaired) electrons. The lowest BCUT2D eigenvalue weighted by molar-refractivity contribution is -0.120. The number of hydrogen-bond donors (Lipinski definition) is 3. The number of nitrogens with two attached hydrogens (primary N) is 2. The summed E-state index contributed by atoms with van der Waals surface area (Å²) < 4.78 is 98.5. The zero-order valence-corrected chi connectivity index (χ0v) is 22.7. The van der Waals surface area contributed by atoms with Crippen LogP contribution in [-0.2, 0) is 21.5 Å². The SMILES string of the molecule is CC.NCc1nn(-c2c(Cl)cc(S(F)(F)(F)(F)F)cc2Cl)c(NC(=O)OCC2CC2(F)F)c1C1(C(N)=O)CC1. The fourth-order valence-corrected chi connectivity index (χ4v) is 5.32. The number of anilines is 1. The first kappa shape index (κ1) is 31.1. The Labute approximate surface area is 227 Å². The summed E-state index contributed by atoms with van der Waals surface area (Å²) in [7, 11) is -10.2. The maximum Gasteiger partial charge on any atom is 0.412 e. The van der Waals surface area contributed by atoms with Crippen molar-refractivity contribution in [2.45, 2.75) is 55.9 Å². The van der Waals surface area contributed by atoms with Crippen LogP contribution in [0.15, 0.2) is 17.0 Å². The quantitative estimate of drug-likeness (QED) is 0.270. The Bertz CT molecular complexity index is 1310. The Hall–Kier alpha value is -2.43. The summed E-state index contributed by atoms with van der Waals surface area (Å²) in [5, 5.41) is 4.42. The van der Waals surface area contributed by atoms with Crippen LogP contribution >= 0.6 is 33.4 Å². The number of nitrogens with zero attached hydrogens (tertiary/aromatic N) is 2. The molecule has 2 aromatic rings. The van der Waals surface area contributed by atoms with Crippen LogP contribution in [0.2, 0.25) is 10.0 Å². The first-order valence-electron chi connectivity index (χ1n) is 11.4. The number of amides is 2. The Morgan fingerprint density at radius 3 is 2.05 bits per heavy atom. The monoisotopic (exact) mass is 629 g/mol. The van der Waals surface area contributed by atoms with Gasteiger partial charge < -0.3 is 16.2 Å². The molecule has 2 aliphatic carbocycles. The summed E-state index contributed by atoms with van der Waals surface area (Å²) in [5.41, 5.74) is 9.22. The lowest BCUT2D eigenvalue weighted by Crippen LogP contribution is -2.31. The van der Waals surface area contributed by atoms with Gasteiger partial charge in [-0.1, -0.05) is 56.5 Å². The smallest absolute Gasteiger partial charge is 0.412 e. The summed E-state index contributed by atoms with van der Waals surface area (Å²) in [4.78, 5) is 22.3. The highest BCUT2D eigenvalue weighted by atomic mass is 35.5. The highest BCUT2D eigenvalue weighted by molar-refractivity contribution is 8.45. The van der Waals surface area contributed by atoms with Crippen molar-refractivity contribution in [3.05, 3.63) is 33.4 Å². The fraction of sp³-hybridized carbons (Fsp3) is 0.476. The molecule has 1 atom stereocenters. The third-order valence-electron chi connectivity index (χ3n) is 6.09. The largest absolute Gasteiger partial charge is 0.449 e. The predicted octanol–water partition coefficient (Wildman–Crippen LogP) is 7.04. The number of rotatable bonds is 8. The van der Waals surface area contributed by atoms with E-state index in [2.05, 4.69) is 10.4 Å². The topological polar surface area (TPSA) is 125 Å². The summed E-state index contributed by atoms with van der Waals surface area (Å²) in [6.07, 6.45) is -1.41. The van der Waals surface area contributed by atoms with E-state index in [9.17, 15) is 37.8 Å². The van der Waals surface area contributed by atoms with Crippen LogP contribution in [0, 0.1) is 5.92 Å². The number of alkyl halides is 2. The van der Waals surface area contributed by atoms with Crippen LogP contribution in [0.1, 0.15) is 44.4 Å². The van der Waals surface area contributed by atoms with E-state index < -0.39 is 79.0 Å². The van der Waals surface area contributed by atoms with E-state index in [1.165, 1.54) is 0 Å². The zero-order chi connectivity index (χ0) is 29.8. The maximum absolute atomic E-state index is 13.3. The molecule has 39 heavy (non-hydrogen) atoms. The molecular formula is C21H24Cl2F7N5O3S. The minimum atomic E-state index is -10.2. The van der Waals surface area contributed by atoms with Gasteiger partial charge in [0.1, 0.15) is 23.0 Å². The van der Waals surface area contributed by atoms with Crippen molar-refractivity contribution in [2.24, 2.45) is 17.4 Å². The molecule has 0 saturated heterocycles. The molecule has 18 heteroatoms. The Morgan fingerprint density at radius 1 is 1.15 bits per heavy atom. The zero-order valence-electron chi connectivity index (χ0n) is 20.4. The average molecular weight is 630 g/mol. The molecule has 1 aromatic carbocycles. The molecule has 1 unspecified atom stereocenters. The number of aromatic nitrogens is 2. The number of halogens is 9. The molecular weight excluding hydrogens is 606 g/mol. The molecule has 2 saturated carbocycles.